The fraction of sp³-hybridized carbons (Fsp3) is 0.0833. The van der Waals surface area contributed by atoms with Crippen molar-refractivity contribution in [3.8, 4) is 44.5 Å². The van der Waals surface area contributed by atoms with Crippen molar-refractivity contribution in [1.29, 1.82) is 0 Å². The zero-order valence-electron chi connectivity index (χ0n) is 30.1. The molecule has 4 aromatic carbocycles. The molecule has 0 spiro atoms. The van der Waals surface area contributed by atoms with Crippen LogP contribution in [0.4, 0.5) is 0 Å². The summed E-state index contributed by atoms with van der Waals surface area (Å²) in [7, 11) is 0. The maximum atomic E-state index is 5.40. The molecule has 0 unspecified atom stereocenters. The van der Waals surface area contributed by atoms with Crippen molar-refractivity contribution in [1.82, 2.24) is 19.9 Å². The van der Waals surface area contributed by atoms with Crippen molar-refractivity contribution in [2.45, 2.75) is 27.7 Å². The normalized spacial score (nSPS) is 11.8. The summed E-state index contributed by atoms with van der Waals surface area (Å²) in [6.45, 7) is 8.49. The third kappa shape index (κ3) is 6.39. The summed E-state index contributed by atoms with van der Waals surface area (Å²) >= 11 is 0. The van der Waals surface area contributed by atoms with Gasteiger partial charge in [0, 0.05) is 61.1 Å². The SMILES string of the molecule is Cc1ccc(-c2c3nc(c(-c4ccc(C)cc4)c4ccc([nH]4)c(-c4ccc(C)cc4)c4ccc([nH]4)c(-c4ccc(C)cc4)c4nc2C=C4)C=C3)cc1.[Co]. The summed E-state index contributed by atoms with van der Waals surface area (Å²) in [4.78, 5) is 18.5. The van der Waals surface area contributed by atoms with E-state index in [4.69, 9.17) is 9.97 Å². The predicted octanol–water partition coefficient (Wildman–Crippen LogP) is 12.6. The van der Waals surface area contributed by atoms with Crippen molar-refractivity contribution in [3.63, 3.8) is 0 Å². The average Bonchev–Trinajstić information content (AvgIpc) is 3.99. The number of nitrogens with one attached hydrogen (secondary N) is 2. The third-order valence-electron chi connectivity index (χ3n) is 10.1. The molecule has 0 saturated heterocycles. The molecule has 2 N–H and O–H groups in total. The van der Waals surface area contributed by atoms with Gasteiger partial charge in [0.2, 0.25) is 0 Å². The van der Waals surface area contributed by atoms with Gasteiger partial charge in [0.25, 0.3) is 0 Å². The van der Waals surface area contributed by atoms with E-state index in [9.17, 15) is 0 Å². The molecule has 2 aliphatic rings. The number of hydrogen-bond donors (Lipinski definition) is 2. The number of nitrogens with zero attached hydrogens (tertiary/aromatic N) is 2. The topological polar surface area (TPSA) is 57.4 Å². The molecule has 0 saturated carbocycles. The number of rotatable bonds is 4. The summed E-state index contributed by atoms with van der Waals surface area (Å²) < 4.78 is 0. The number of aromatic nitrogens is 4. The number of fused-ring (bicyclic) bond motifs is 8. The Labute approximate surface area is 320 Å². The molecule has 5 heterocycles. The minimum Gasteiger partial charge on any atom is -0.354 e. The van der Waals surface area contributed by atoms with Gasteiger partial charge in [-0.3, -0.25) is 0 Å². The van der Waals surface area contributed by atoms with E-state index >= 15 is 0 Å². The second-order valence-corrected chi connectivity index (χ2v) is 14.0. The molecule has 0 atom stereocenters. The van der Waals surface area contributed by atoms with Gasteiger partial charge in [0.15, 0.2) is 0 Å². The second-order valence-electron chi connectivity index (χ2n) is 14.0. The molecule has 53 heavy (non-hydrogen) atoms. The van der Waals surface area contributed by atoms with E-state index in [1.807, 2.05) is 0 Å². The summed E-state index contributed by atoms with van der Waals surface area (Å²) in [6, 6.07) is 43.6. The van der Waals surface area contributed by atoms with E-state index in [0.29, 0.717) is 0 Å². The van der Waals surface area contributed by atoms with Crippen LogP contribution in [0.2, 0.25) is 0 Å². The molecule has 5 heteroatoms. The molecule has 0 aliphatic carbocycles. The monoisotopic (exact) mass is 729 g/mol. The molecule has 8 bridgehead atoms. The fourth-order valence-corrected chi connectivity index (χ4v) is 7.30. The quantitative estimate of drug-likeness (QED) is 0.189. The predicted molar refractivity (Wildman–Crippen MR) is 220 cm³/mol. The van der Waals surface area contributed by atoms with Gasteiger partial charge in [-0.15, -0.1) is 0 Å². The smallest absolute Gasteiger partial charge is 0.0738 e. The second kappa shape index (κ2) is 13.8. The van der Waals surface area contributed by atoms with Gasteiger partial charge in [0.05, 0.1) is 22.8 Å². The standard InChI is InChI=1S/C48H38N4.Co/c1-29-5-13-33(14-6-29)45-37-21-23-39(49-37)46(34-15-7-30(2)8-16-34)41-25-27-43(51-41)48(36-19-11-32(4)12-20-36)44-28-26-42(52-44)47(40-24-22-38(45)50-40)35-17-9-31(3)10-18-35;/h5-28,49-50H,1-4H3;. The van der Waals surface area contributed by atoms with Crippen molar-refractivity contribution in [2.75, 3.05) is 0 Å². The van der Waals surface area contributed by atoms with E-state index in [0.717, 1.165) is 89.4 Å². The van der Waals surface area contributed by atoms with E-state index in [1.165, 1.54) is 22.3 Å². The maximum absolute atomic E-state index is 5.40. The van der Waals surface area contributed by atoms with Crippen LogP contribution in [0.5, 0.6) is 0 Å². The van der Waals surface area contributed by atoms with Crippen LogP contribution in [-0.2, 0) is 16.8 Å². The maximum Gasteiger partial charge on any atom is 0.0738 e. The first-order chi connectivity index (χ1) is 25.4. The zero-order chi connectivity index (χ0) is 35.3. The number of aryl methyl sites for hydroxylation is 4. The van der Waals surface area contributed by atoms with Crippen LogP contribution in [0, 0.1) is 27.7 Å². The Kier molecular flexibility index (Phi) is 8.91. The van der Waals surface area contributed by atoms with Crippen LogP contribution in [0.15, 0.2) is 121 Å². The number of aromatic amines is 2. The Morgan fingerprint density at radius 1 is 0.302 bits per heavy atom. The Morgan fingerprint density at radius 3 is 0.868 bits per heavy atom. The first-order valence-electron chi connectivity index (χ1n) is 17.8. The summed E-state index contributed by atoms with van der Waals surface area (Å²) in [5.41, 5.74) is 21.1. The van der Waals surface area contributed by atoms with Crippen LogP contribution < -0.4 is 0 Å². The minimum absolute atomic E-state index is 0. The van der Waals surface area contributed by atoms with Gasteiger partial charge in [-0.2, -0.15) is 0 Å². The summed E-state index contributed by atoms with van der Waals surface area (Å²) in [5, 5.41) is 0. The number of H-pyrrole nitrogens is 2. The molecular formula is C48H38CoN4. The number of benzene rings is 4. The molecule has 0 fully saturated rings. The van der Waals surface area contributed by atoms with E-state index in [1.54, 1.807) is 0 Å². The van der Waals surface area contributed by atoms with Crippen molar-refractivity contribution < 1.29 is 16.8 Å². The fourth-order valence-electron chi connectivity index (χ4n) is 7.30. The molecule has 259 valence electrons. The average molecular weight is 730 g/mol. The van der Waals surface area contributed by atoms with Crippen molar-refractivity contribution in [3.05, 3.63) is 166 Å². The van der Waals surface area contributed by atoms with Crippen LogP contribution >= 0.6 is 0 Å². The number of hydrogen-bond acceptors (Lipinski definition) is 2. The van der Waals surface area contributed by atoms with Crippen LogP contribution in [0.3, 0.4) is 0 Å². The Balaban J connectivity index is 0.00000400. The Morgan fingerprint density at radius 2 is 0.547 bits per heavy atom. The van der Waals surface area contributed by atoms with Gasteiger partial charge >= 0.3 is 0 Å². The van der Waals surface area contributed by atoms with Crippen molar-refractivity contribution in [2.24, 2.45) is 0 Å². The molecule has 7 aromatic rings. The molecule has 0 amide bonds. The molecule has 2 aliphatic heterocycles. The van der Waals surface area contributed by atoms with Gasteiger partial charge in [-0.25, -0.2) is 9.97 Å². The van der Waals surface area contributed by atoms with Crippen molar-refractivity contribution >= 4 is 46.4 Å². The first kappa shape index (κ1) is 34.1. The van der Waals surface area contributed by atoms with Crippen LogP contribution in [-0.4, -0.2) is 19.9 Å². The van der Waals surface area contributed by atoms with E-state index < -0.39 is 0 Å². The summed E-state index contributed by atoms with van der Waals surface area (Å²) in [6.07, 6.45) is 8.57. The van der Waals surface area contributed by atoms with Crippen LogP contribution in [0.1, 0.15) is 45.0 Å². The molecule has 1 radical (unpaired) electrons. The Hall–Kier alpha value is -6.01. The van der Waals surface area contributed by atoms with E-state index in [-0.39, 0.29) is 16.8 Å². The minimum atomic E-state index is 0. The van der Waals surface area contributed by atoms with Gasteiger partial charge in [0.1, 0.15) is 0 Å². The summed E-state index contributed by atoms with van der Waals surface area (Å²) in [5.74, 6) is 0. The molecule has 3 aromatic heterocycles. The van der Waals surface area contributed by atoms with E-state index in [2.05, 4.69) is 183 Å². The molecule has 9 rings (SSSR count). The van der Waals surface area contributed by atoms with Gasteiger partial charge in [-0.1, -0.05) is 119 Å². The molecular weight excluding hydrogens is 691 g/mol. The Bertz CT molecular complexity index is 2580. The van der Waals surface area contributed by atoms with Gasteiger partial charge in [-0.05, 0) is 98.5 Å². The van der Waals surface area contributed by atoms with Gasteiger partial charge < -0.3 is 9.97 Å². The molecule has 4 nitrogen and oxygen atoms in total. The zero-order valence-corrected chi connectivity index (χ0v) is 31.1. The van der Waals surface area contributed by atoms with Crippen LogP contribution in [0.25, 0.3) is 90.9 Å². The first-order valence-corrected chi connectivity index (χ1v) is 17.8. The largest absolute Gasteiger partial charge is 0.354 e. The third-order valence-corrected chi connectivity index (χ3v) is 10.1.